The summed E-state index contributed by atoms with van der Waals surface area (Å²) < 4.78 is 7.53. The number of ether oxygens (including phenoxy) is 1. The maximum absolute atomic E-state index is 9.91. The highest BCUT2D eigenvalue weighted by atomic mass is 16.5. The van der Waals surface area contributed by atoms with E-state index in [2.05, 4.69) is 23.0 Å². The van der Waals surface area contributed by atoms with Gasteiger partial charge in [0.15, 0.2) is 0 Å². The average molecular weight is 265 g/mol. The fourth-order valence-electron chi connectivity index (χ4n) is 2.97. The molecule has 3 heterocycles. The highest BCUT2D eigenvalue weighted by molar-refractivity contribution is 5.10. The molecular formula is C14H23N3O2. The maximum Gasteiger partial charge on any atom is 0.109 e. The fraction of sp³-hybridized carbons (Fsp3) is 0.786. The fourth-order valence-corrected chi connectivity index (χ4v) is 2.97. The molecule has 0 aromatic carbocycles. The van der Waals surface area contributed by atoms with Crippen molar-refractivity contribution in [1.82, 2.24) is 14.9 Å². The third kappa shape index (κ3) is 2.83. The molecule has 0 saturated carbocycles. The van der Waals surface area contributed by atoms with Gasteiger partial charge < -0.3 is 19.7 Å². The molecule has 0 spiro atoms. The van der Waals surface area contributed by atoms with Gasteiger partial charge in [-0.3, -0.25) is 0 Å². The van der Waals surface area contributed by atoms with Gasteiger partial charge in [-0.2, -0.15) is 0 Å². The smallest absolute Gasteiger partial charge is 0.109 e. The molecule has 1 fully saturated rings. The molecule has 2 aliphatic heterocycles. The lowest BCUT2D eigenvalue weighted by molar-refractivity contribution is -0.0300. The van der Waals surface area contributed by atoms with E-state index in [4.69, 9.17) is 9.72 Å². The summed E-state index contributed by atoms with van der Waals surface area (Å²) in [4.78, 5) is 4.73. The van der Waals surface area contributed by atoms with Crippen molar-refractivity contribution >= 4 is 0 Å². The van der Waals surface area contributed by atoms with Gasteiger partial charge in [0.25, 0.3) is 0 Å². The number of aliphatic hydroxyl groups excluding tert-OH is 1. The first-order valence-electron chi connectivity index (χ1n) is 7.32. The molecule has 1 unspecified atom stereocenters. The van der Waals surface area contributed by atoms with Crippen LogP contribution in [0, 0.1) is 0 Å². The first-order chi connectivity index (χ1) is 9.24. The Bertz CT molecular complexity index is 409. The van der Waals surface area contributed by atoms with Gasteiger partial charge >= 0.3 is 0 Å². The number of imidazole rings is 1. The standard InChI is InChI=1S/C14H23N3O2/c1-10(15-11-5-7-19-9-13(11)18)12-8-17-6-3-2-4-14(17)16-12/h8,10-11,13,15,18H,2-7,9H2,1H3/t10?,11-,13-/m1/s1. The third-order valence-electron chi connectivity index (χ3n) is 4.16. The number of hydrogen-bond donors (Lipinski definition) is 2. The maximum atomic E-state index is 9.91. The van der Waals surface area contributed by atoms with Gasteiger partial charge in [-0.25, -0.2) is 4.98 Å². The molecule has 2 N–H and O–H groups in total. The van der Waals surface area contributed by atoms with Crippen LogP contribution in [0.4, 0.5) is 0 Å². The molecule has 3 rings (SSSR count). The summed E-state index contributed by atoms with van der Waals surface area (Å²) in [6, 6.07) is 0.290. The molecule has 1 aromatic rings. The van der Waals surface area contributed by atoms with E-state index < -0.39 is 6.10 Å². The summed E-state index contributed by atoms with van der Waals surface area (Å²) in [6.07, 6.45) is 6.21. The highest BCUT2D eigenvalue weighted by Crippen LogP contribution is 2.20. The molecule has 5 heteroatoms. The molecule has 0 bridgehead atoms. The molecule has 3 atom stereocenters. The van der Waals surface area contributed by atoms with Crippen LogP contribution < -0.4 is 5.32 Å². The second-order valence-corrected chi connectivity index (χ2v) is 5.66. The summed E-state index contributed by atoms with van der Waals surface area (Å²) in [5.74, 6) is 1.21. The number of aliphatic hydroxyl groups is 1. The zero-order valence-corrected chi connectivity index (χ0v) is 11.5. The predicted molar refractivity (Wildman–Crippen MR) is 71.9 cm³/mol. The first-order valence-corrected chi connectivity index (χ1v) is 7.32. The van der Waals surface area contributed by atoms with Crippen molar-refractivity contribution < 1.29 is 9.84 Å². The Labute approximate surface area is 114 Å². The Morgan fingerprint density at radius 3 is 3.21 bits per heavy atom. The van der Waals surface area contributed by atoms with Gasteiger partial charge in [-0.05, 0) is 26.2 Å². The largest absolute Gasteiger partial charge is 0.389 e. The van der Waals surface area contributed by atoms with Crippen molar-refractivity contribution in [3.63, 3.8) is 0 Å². The van der Waals surface area contributed by atoms with Crippen LogP contribution in [0.2, 0.25) is 0 Å². The van der Waals surface area contributed by atoms with Crippen molar-refractivity contribution in [3.05, 3.63) is 17.7 Å². The zero-order chi connectivity index (χ0) is 13.2. The zero-order valence-electron chi connectivity index (χ0n) is 11.5. The molecule has 0 aliphatic carbocycles. The molecule has 1 saturated heterocycles. The molecule has 1 aromatic heterocycles. The molecule has 5 nitrogen and oxygen atoms in total. The molecular weight excluding hydrogens is 242 g/mol. The van der Waals surface area contributed by atoms with Crippen LogP contribution in [0.1, 0.15) is 43.7 Å². The van der Waals surface area contributed by atoms with Gasteiger partial charge in [0.1, 0.15) is 5.82 Å². The Morgan fingerprint density at radius 1 is 1.53 bits per heavy atom. The molecule has 106 valence electrons. The van der Waals surface area contributed by atoms with Gasteiger partial charge in [-0.1, -0.05) is 0 Å². The number of nitrogens with one attached hydrogen (secondary N) is 1. The lowest BCUT2D eigenvalue weighted by Crippen LogP contribution is -2.47. The molecule has 2 aliphatic rings. The Morgan fingerprint density at radius 2 is 2.42 bits per heavy atom. The normalized spacial score (nSPS) is 28.9. The van der Waals surface area contributed by atoms with Crippen LogP contribution >= 0.6 is 0 Å². The summed E-state index contributed by atoms with van der Waals surface area (Å²) in [5.41, 5.74) is 1.09. The molecule has 0 radical (unpaired) electrons. The van der Waals surface area contributed by atoms with Crippen molar-refractivity contribution in [2.45, 2.75) is 57.3 Å². The SMILES string of the molecule is CC(N[C@@H]1CCOC[C@H]1O)c1cn2c(n1)CCCC2. The van der Waals surface area contributed by atoms with Gasteiger partial charge in [0.05, 0.1) is 18.4 Å². The number of nitrogens with zero attached hydrogens (tertiary/aromatic N) is 2. The van der Waals surface area contributed by atoms with E-state index in [0.29, 0.717) is 6.61 Å². The van der Waals surface area contributed by atoms with Gasteiger partial charge in [0, 0.05) is 37.9 Å². The summed E-state index contributed by atoms with van der Waals surface area (Å²) in [6.45, 7) is 4.37. The van der Waals surface area contributed by atoms with Crippen LogP contribution in [0.5, 0.6) is 0 Å². The quantitative estimate of drug-likeness (QED) is 0.856. The van der Waals surface area contributed by atoms with Crippen molar-refractivity contribution in [3.8, 4) is 0 Å². The third-order valence-corrected chi connectivity index (χ3v) is 4.16. The van der Waals surface area contributed by atoms with E-state index >= 15 is 0 Å². The van der Waals surface area contributed by atoms with E-state index in [-0.39, 0.29) is 12.1 Å². The van der Waals surface area contributed by atoms with Gasteiger partial charge in [-0.15, -0.1) is 0 Å². The van der Waals surface area contributed by atoms with Crippen LogP contribution in [0.3, 0.4) is 0 Å². The van der Waals surface area contributed by atoms with Crippen LogP contribution in [-0.4, -0.2) is 40.0 Å². The van der Waals surface area contributed by atoms with Gasteiger partial charge in [0.2, 0.25) is 0 Å². The lowest BCUT2D eigenvalue weighted by atomic mass is 10.0. The number of hydrogen-bond acceptors (Lipinski definition) is 4. The second-order valence-electron chi connectivity index (χ2n) is 5.66. The van der Waals surface area contributed by atoms with Crippen LogP contribution in [0.25, 0.3) is 0 Å². The Hall–Kier alpha value is -0.910. The monoisotopic (exact) mass is 265 g/mol. The summed E-state index contributed by atoms with van der Waals surface area (Å²) in [5, 5.41) is 13.4. The van der Waals surface area contributed by atoms with E-state index in [0.717, 1.165) is 31.7 Å². The van der Waals surface area contributed by atoms with E-state index in [1.54, 1.807) is 0 Å². The summed E-state index contributed by atoms with van der Waals surface area (Å²) in [7, 11) is 0. The minimum Gasteiger partial charge on any atom is -0.389 e. The molecule has 0 amide bonds. The van der Waals surface area contributed by atoms with Crippen LogP contribution in [-0.2, 0) is 17.7 Å². The highest BCUT2D eigenvalue weighted by Gasteiger charge is 2.26. The van der Waals surface area contributed by atoms with E-state index in [1.807, 2.05) is 0 Å². The Kier molecular flexibility index (Phi) is 3.86. The van der Waals surface area contributed by atoms with Crippen molar-refractivity contribution in [1.29, 1.82) is 0 Å². The first kappa shape index (κ1) is 13.1. The molecule has 19 heavy (non-hydrogen) atoms. The Balaban J connectivity index is 1.66. The predicted octanol–water partition coefficient (Wildman–Crippen LogP) is 1.02. The number of aryl methyl sites for hydroxylation is 2. The number of fused-ring (bicyclic) bond motifs is 1. The van der Waals surface area contributed by atoms with E-state index in [9.17, 15) is 5.11 Å². The topological polar surface area (TPSA) is 59.3 Å². The summed E-state index contributed by atoms with van der Waals surface area (Å²) >= 11 is 0. The minimum absolute atomic E-state index is 0.113. The van der Waals surface area contributed by atoms with Crippen LogP contribution in [0.15, 0.2) is 6.20 Å². The minimum atomic E-state index is -0.409. The second kappa shape index (κ2) is 5.61. The van der Waals surface area contributed by atoms with E-state index in [1.165, 1.54) is 18.7 Å². The van der Waals surface area contributed by atoms with Crippen molar-refractivity contribution in [2.24, 2.45) is 0 Å². The van der Waals surface area contributed by atoms with Crippen molar-refractivity contribution in [2.75, 3.05) is 13.2 Å². The average Bonchev–Trinajstić information content (AvgIpc) is 2.85. The lowest BCUT2D eigenvalue weighted by Gasteiger charge is -2.30. The number of rotatable bonds is 3. The number of aromatic nitrogens is 2.